The highest BCUT2D eigenvalue weighted by Crippen LogP contribution is 2.38. The third-order valence-corrected chi connectivity index (χ3v) is 3.41. The van der Waals surface area contributed by atoms with E-state index in [1.165, 1.54) is 0 Å². The highest BCUT2D eigenvalue weighted by atomic mass is 35.5. The summed E-state index contributed by atoms with van der Waals surface area (Å²) in [5.74, 6) is -0.146. The molecule has 0 aliphatic heterocycles. The number of benzene rings is 1. The molecule has 1 aromatic carbocycles. The SMILES string of the molecule is CCOC(=O)C1(c2ccc(Cl)cc2)CC=CC1. The summed E-state index contributed by atoms with van der Waals surface area (Å²) < 4.78 is 5.20. The summed E-state index contributed by atoms with van der Waals surface area (Å²) >= 11 is 5.87. The summed E-state index contributed by atoms with van der Waals surface area (Å²) in [6.07, 6.45) is 5.47. The van der Waals surface area contributed by atoms with E-state index in [0.717, 1.165) is 5.56 Å². The predicted octanol–water partition coefficient (Wildman–Crippen LogP) is 3.49. The van der Waals surface area contributed by atoms with Gasteiger partial charge in [-0.25, -0.2) is 0 Å². The van der Waals surface area contributed by atoms with Crippen LogP contribution in [0.15, 0.2) is 36.4 Å². The Morgan fingerprint density at radius 1 is 1.29 bits per heavy atom. The molecule has 0 unspecified atom stereocenters. The molecule has 1 aromatic rings. The number of rotatable bonds is 3. The second kappa shape index (κ2) is 4.92. The van der Waals surface area contributed by atoms with E-state index >= 15 is 0 Å². The van der Waals surface area contributed by atoms with Gasteiger partial charge in [-0.15, -0.1) is 0 Å². The molecule has 0 heterocycles. The van der Waals surface area contributed by atoms with E-state index in [1.54, 1.807) is 0 Å². The van der Waals surface area contributed by atoms with E-state index in [4.69, 9.17) is 16.3 Å². The van der Waals surface area contributed by atoms with Gasteiger partial charge < -0.3 is 4.74 Å². The predicted molar refractivity (Wildman–Crippen MR) is 68.1 cm³/mol. The van der Waals surface area contributed by atoms with Gasteiger partial charge in [0.25, 0.3) is 0 Å². The minimum atomic E-state index is -0.541. The van der Waals surface area contributed by atoms with E-state index in [-0.39, 0.29) is 5.97 Å². The Morgan fingerprint density at radius 2 is 1.88 bits per heavy atom. The Morgan fingerprint density at radius 3 is 2.41 bits per heavy atom. The molecule has 0 N–H and O–H groups in total. The zero-order valence-corrected chi connectivity index (χ0v) is 10.5. The van der Waals surface area contributed by atoms with Crippen molar-refractivity contribution in [2.24, 2.45) is 0 Å². The van der Waals surface area contributed by atoms with Crippen LogP contribution in [0.25, 0.3) is 0 Å². The quantitative estimate of drug-likeness (QED) is 0.606. The number of ether oxygens (including phenoxy) is 1. The largest absolute Gasteiger partial charge is 0.465 e. The lowest BCUT2D eigenvalue weighted by Gasteiger charge is -2.27. The van der Waals surface area contributed by atoms with Crippen molar-refractivity contribution in [3.8, 4) is 0 Å². The smallest absolute Gasteiger partial charge is 0.317 e. The van der Waals surface area contributed by atoms with Crippen LogP contribution < -0.4 is 0 Å². The molecule has 0 saturated heterocycles. The van der Waals surface area contributed by atoms with E-state index in [0.29, 0.717) is 24.5 Å². The molecule has 0 bridgehead atoms. The molecule has 0 amide bonds. The molecule has 0 radical (unpaired) electrons. The third kappa shape index (κ3) is 2.22. The zero-order chi connectivity index (χ0) is 12.3. The molecule has 90 valence electrons. The Hall–Kier alpha value is -1.28. The fourth-order valence-electron chi connectivity index (χ4n) is 2.21. The Kier molecular flexibility index (Phi) is 3.53. The molecule has 0 saturated carbocycles. The van der Waals surface area contributed by atoms with Crippen LogP contribution in [-0.4, -0.2) is 12.6 Å². The minimum absolute atomic E-state index is 0.146. The van der Waals surface area contributed by atoms with Crippen molar-refractivity contribution in [1.29, 1.82) is 0 Å². The molecule has 2 rings (SSSR count). The second-order valence-electron chi connectivity index (χ2n) is 4.19. The van der Waals surface area contributed by atoms with Crippen molar-refractivity contribution < 1.29 is 9.53 Å². The highest BCUT2D eigenvalue weighted by molar-refractivity contribution is 6.30. The topological polar surface area (TPSA) is 26.3 Å². The number of halogens is 1. The van der Waals surface area contributed by atoms with Crippen LogP contribution in [0.1, 0.15) is 25.3 Å². The van der Waals surface area contributed by atoms with Crippen molar-refractivity contribution >= 4 is 17.6 Å². The Bertz CT molecular complexity index is 426. The summed E-state index contributed by atoms with van der Waals surface area (Å²) in [6.45, 7) is 2.24. The first-order valence-corrected chi connectivity index (χ1v) is 6.15. The number of carbonyl (C=O) groups excluding carboxylic acids is 1. The van der Waals surface area contributed by atoms with E-state index in [1.807, 2.05) is 43.3 Å². The molecule has 3 heteroatoms. The fourth-order valence-corrected chi connectivity index (χ4v) is 2.34. The van der Waals surface area contributed by atoms with E-state index < -0.39 is 5.41 Å². The van der Waals surface area contributed by atoms with Crippen LogP contribution in [0.2, 0.25) is 5.02 Å². The van der Waals surface area contributed by atoms with Gasteiger partial charge in [-0.2, -0.15) is 0 Å². The van der Waals surface area contributed by atoms with E-state index in [9.17, 15) is 4.79 Å². The minimum Gasteiger partial charge on any atom is -0.465 e. The van der Waals surface area contributed by atoms with Crippen LogP contribution in [0.5, 0.6) is 0 Å². The zero-order valence-electron chi connectivity index (χ0n) is 9.78. The molecule has 2 nitrogen and oxygen atoms in total. The first-order chi connectivity index (χ1) is 8.19. The molecule has 0 fully saturated rings. The standard InChI is InChI=1S/C14H15ClO2/c1-2-17-13(16)14(9-3-4-10-14)11-5-7-12(15)8-6-11/h3-8H,2,9-10H2,1H3. The van der Waals surface area contributed by atoms with Crippen LogP contribution in [0, 0.1) is 0 Å². The fraction of sp³-hybridized carbons (Fsp3) is 0.357. The molecule has 0 aromatic heterocycles. The number of esters is 1. The van der Waals surface area contributed by atoms with Gasteiger partial charge in [0, 0.05) is 5.02 Å². The van der Waals surface area contributed by atoms with Gasteiger partial charge in [0.1, 0.15) is 0 Å². The highest BCUT2D eigenvalue weighted by Gasteiger charge is 2.41. The van der Waals surface area contributed by atoms with Gasteiger partial charge in [-0.1, -0.05) is 35.9 Å². The van der Waals surface area contributed by atoms with Crippen LogP contribution >= 0.6 is 11.6 Å². The lowest BCUT2D eigenvalue weighted by Crippen LogP contribution is -2.35. The monoisotopic (exact) mass is 250 g/mol. The maximum absolute atomic E-state index is 12.2. The molecule has 1 aliphatic carbocycles. The average molecular weight is 251 g/mol. The number of allylic oxidation sites excluding steroid dienone is 2. The summed E-state index contributed by atoms with van der Waals surface area (Å²) in [4.78, 5) is 12.2. The maximum Gasteiger partial charge on any atom is 0.317 e. The van der Waals surface area contributed by atoms with Crippen LogP contribution in [0.3, 0.4) is 0 Å². The summed E-state index contributed by atoms with van der Waals surface area (Å²) in [5.41, 5.74) is 0.436. The van der Waals surface area contributed by atoms with Crippen molar-refractivity contribution in [3.05, 3.63) is 47.0 Å². The molecule has 1 aliphatic rings. The molecule has 0 spiro atoms. The number of hydrogen-bond donors (Lipinski definition) is 0. The van der Waals surface area contributed by atoms with Gasteiger partial charge in [0.15, 0.2) is 0 Å². The molecular formula is C14H15ClO2. The van der Waals surface area contributed by atoms with E-state index in [2.05, 4.69) is 0 Å². The Balaban J connectivity index is 2.34. The molecule has 17 heavy (non-hydrogen) atoms. The van der Waals surface area contributed by atoms with Gasteiger partial charge in [0.05, 0.1) is 12.0 Å². The van der Waals surface area contributed by atoms with Crippen LogP contribution in [0.4, 0.5) is 0 Å². The number of hydrogen-bond acceptors (Lipinski definition) is 2. The first kappa shape index (κ1) is 12.2. The summed E-state index contributed by atoms with van der Waals surface area (Å²) in [6, 6.07) is 7.45. The average Bonchev–Trinajstić information content (AvgIpc) is 2.81. The molecular weight excluding hydrogens is 236 g/mol. The van der Waals surface area contributed by atoms with Gasteiger partial charge in [0.2, 0.25) is 0 Å². The summed E-state index contributed by atoms with van der Waals surface area (Å²) in [5, 5.41) is 0.679. The lowest BCUT2D eigenvalue weighted by molar-refractivity contribution is -0.149. The van der Waals surface area contributed by atoms with Gasteiger partial charge >= 0.3 is 5.97 Å². The normalized spacial score (nSPS) is 17.1. The summed E-state index contributed by atoms with van der Waals surface area (Å²) in [7, 11) is 0. The first-order valence-electron chi connectivity index (χ1n) is 5.77. The van der Waals surface area contributed by atoms with Crippen molar-refractivity contribution in [2.45, 2.75) is 25.2 Å². The molecule has 0 atom stereocenters. The van der Waals surface area contributed by atoms with Crippen molar-refractivity contribution in [2.75, 3.05) is 6.61 Å². The second-order valence-corrected chi connectivity index (χ2v) is 4.63. The van der Waals surface area contributed by atoms with Gasteiger partial charge in [-0.05, 0) is 37.5 Å². The third-order valence-electron chi connectivity index (χ3n) is 3.16. The Labute approximate surface area is 106 Å². The number of carbonyl (C=O) groups is 1. The maximum atomic E-state index is 12.2. The van der Waals surface area contributed by atoms with Crippen LogP contribution in [-0.2, 0) is 14.9 Å². The van der Waals surface area contributed by atoms with Crippen molar-refractivity contribution in [3.63, 3.8) is 0 Å². The van der Waals surface area contributed by atoms with Gasteiger partial charge in [-0.3, -0.25) is 4.79 Å². The van der Waals surface area contributed by atoms with Crippen molar-refractivity contribution in [1.82, 2.24) is 0 Å². The lowest BCUT2D eigenvalue weighted by atomic mass is 9.78.